The van der Waals surface area contributed by atoms with Gasteiger partial charge in [-0.05, 0) is 57.4 Å². The lowest BCUT2D eigenvalue weighted by Gasteiger charge is -2.37. The minimum absolute atomic E-state index is 0.200. The largest absolute Gasteiger partial charge is 0.353 e. The molecule has 5 unspecified atom stereocenters. The topological polar surface area (TPSA) is 58.4 Å². The van der Waals surface area contributed by atoms with Crippen LogP contribution >= 0.6 is 0 Å². The highest BCUT2D eigenvalue weighted by Gasteiger charge is 2.34. The summed E-state index contributed by atoms with van der Waals surface area (Å²) in [6.07, 6.45) is 7.89. The van der Waals surface area contributed by atoms with E-state index in [0.717, 1.165) is 38.1 Å². The Kier molecular flexibility index (Phi) is 4.32. The number of rotatable bonds is 2. The molecule has 1 aliphatic carbocycles. The standard InChI is InChI=1S/C16H29N3O/c1-11-9-12(4-5-15(11)17)16(20)18-13-6-8-19-7-2-3-14(19)10-13/h11-15H,2-10,17H2,1H3,(H,18,20). The van der Waals surface area contributed by atoms with E-state index in [-0.39, 0.29) is 5.92 Å². The first-order valence-corrected chi connectivity index (χ1v) is 8.43. The summed E-state index contributed by atoms with van der Waals surface area (Å²) in [6.45, 7) is 4.62. The Hall–Kier alpha value is -0.610. The van der Waals surface area contributed by atoms with Gasteiger partial charge in [0.2, 0.25) is 5.91 Å². The molecule has 5 atom stereocenters. The lowest BCUT2D eigenvalue weighted by molar-refractivity contribution is -0.127. The number of nitrogens with zero attached hydrogens (tertiary/aromatic N) is 1. The van der Waals surface area contributed by atoms with Gasteiger partial charge >= 0.3 is 0 Å². The van der Waals surface area contributed by atoms with Crippen LogP contribution in [0.25, 0.3) is 0 Å². The molecule has 3 rings (SSSR count). The number of hydrogen-bond acceptors (Lipinski definition) is 3. The van der Waals surface area contributed by atoms with Crippen molar-refractivity contribution in [2.24, 2.45) is 17.6 Å². The molecule has 3 N–H and O–H groups in total. The van der Waals surface area contributed by atoms with E-state index >= 15 is 0 Å². The first-order valence-electron chi connectivity index (χ1n) is 8.43. The fraction of sp³-hybridized carbons (Fsp3) is 0.938. The molecule has 4 heteroatoms. The number of piperidine rings is 1. The molecular formula is C16H29N3O. The van der Waals surface area contributed by atoms with Crippen molar-refractivity contribution in [3.63, 3.8) is 0 Å². The molecule has 0 aromatic carbocycles. The van der Waals surface area contributed by atoms with Crippen molar-refractivity contribution in [3.05, 3.63) is 0 Å². The molecule has 2 aliphatic heterocycles. The lowest BCUT2D eigenvalue weighted by atomic mass is 9.79. The average molecular weight is 279 g/mol. The molecule has 0 spiro atoms. The van der Waals surface area contributed by atoms with Crippen LogP contribution in [0.4, 0.5) is 0 Å². The molecule has 0 aromatic heterocycles. The van der Waals surface area contributed by atoms with E-state index in [4.69, 9.17) is 5.73 Å². The molecule has 20 heavy (non-hydrogen) atoms. The van der Waals surface area contributed by atoms with Gasteiger partial charge in [-0.2, -0.15) is 0 Å². The number of hydrogen-bond donors (Lipinski definition) is 2. The molecule has 1 saturated carbocycles. The molecule has 0 aromatic rings. The number of carbonyl (C=O) groups is 1. The second-order valence-electron chi connectivity index (χ2n) is 7.21. The number of nitrogens with one attached hydrogen (secondary N) is 1. The van der Waals surface area contributed by atoms with Gasteiger partial charge in [0.05, 0.1) is 0 Å². The van der Waals surface area contributed by atoms with Crippen molar-refractivity contribution < 1.29 is 4.79 Å². The van der Waals surface area contributed by atoms with E-state index in [1.165, 1.54) is 25.9 Å². The SMILES string of the molecule is CC1CC(C(=O)NC2CCN3CCCC3C2)CCC1N. The summed E-state index contributed by atoms with van der Waals surface area (Å²) < 4.78 is 0. The van der Waals surface area contributed by atoms with Gasteiger partial charge in [0.25, 0.3) is 0 Å². The summed E-state index contributed by atoms with van der Waals surface area (Å²) in [5.41, 5.74) is 6.05. The summed E-state index contributed by atoms with van der Waals surface area (Å²) in [4.78, 5) is 15.0. The fourth-order valence-electron chi connectivity index (χ4n) is 4.33. The van der Waals surface area contributed by atoms with E-state index in [2.05, 4.69) is 17.1 Å². The van der Waals surface area contributed by atoms with E-state index in [9.17, 15) is 4.79 Å². The second kappa shape index (κ2) is 6.02. The maximum absolute atomic E-state index is 12.4. The summed E-state index contributed by atoms with van der Waals surface area (Å²) >= 11 is 0. The monoisotopic (exact) mass is 279 g/mol. The van der Waals surface area contributed by atoms with Crippen molar-refractivity contribution >= 4 is 5.91 Å². The Bertz CT molecular complexity index is 360. The Morgan fingerprint density at radius 2 is 2.00 bits per heavy atom. The molecular weight excluding hydrogens is 250 g/mol. The molecule has 114 valence electrons. The number of nitrogens with two attached hydrogens (primary N) is 1. The maximum Gasteiger partial charge on any atom is 0.223 e. The van der Waals surface area contributed by atoms with Crippen molar-refractivity contribution in [1.82, 2.24) is 10.2 Å². The Balaban J connectivity index is 1.49. The van der Waals surface area contributed by atoms with Crippen LogP contribution in [-0.2, 0) is 4.79 Å². The van der Waals surface area contributed by atoms with Crippen molar-refractivity contribution in [2.75, 3.05) is 13.1 Å². The van der Waals surface area contributed by atoms with E-state index in [1.807, 2.05) is 0 Å². The highest BCUT2D eigenvalue weighted by atomic mass is 16.1. The quantitative estimate of drug-likeness (QED) is 0.805. The number of fused-ring (bicyclic) bond motifs is 1. The molecule has 4 nitrogen and oxygen atoms in total. The van der Waals surface area contributed by atoms with Crippen LogP contribution in [0.15, 0.2) is 0 Å². The Labute approximate surface area is 122 Å². The Morgan fingerprint density at radius 1 is 1.15 bits per heavy atom. The van der Waals surface area contributed by atoms with Crippen LogP contribution in [0.1, 0.15) is 51.9 Å². The zero-order valence-corrected chi connectivity index (χ0v) is 12.7. The van der Waals surface area contributed by atoms with Gasteiger partial charge in [-0.25, -0.2) is 0 Å². The second-order valence-corrected chi connectivity index (χ2v) is 7.21. The third-order valence-electron chi connectivity index (χ3n) is 5.77. The van der Waals surface area contributed by atoms with Crippen molar-refractivity contribution in [2.45, 2.75) is 70.0 Å². The summed E-state index contributed by atoms with van der Waals surface area (Å²) in [5, 5.41) is 3.33. The Morgan fingerprint density at radius 3 is 2.80 bits per heavy atom. The predicted octanol–water partition coefficient (Wildman–Crippen LogP) is 1.49. The van der Waals surface area contributed by atoms with Crippen LogP contribution in [-0.4, -0.2) is 42.0 Å². The zero-order chi connectivity index (χ0) is 14.1. The first-order chi connectivity index (χ1) is 9.63. The van der Waals surface area contributed by atoms with Gasteiger partial charge < -0.3 is 16.0 Å². The number of amides is 1. The van der Waals surface area contributed by atoms with Gasteiger partial charge in [0.1, 0.15) is 0 Å². The molecule has 1 amide bonds. The van der Waals surface area contributed by atoms with Gasteiger partial charge in [0, 0.05) is 30.6 Å². The zero-order valence-electron chi connectivity index (χ0n) is 12.7. The van der Waals surface area contributed by atoms with Gasteiger partial charge in [0.15, 0.2) is 0 Å². The maximum atomic E-state index is 12.4. The van der Waals surface area contributed by atoms with Crippen molar-refractivity contribution in [3.8, 4) is 0 Å². The summed E-state index contributed by atoms with van der Waals surface area (Å²) in [7, 11) is 0. The smallest absolute Gasteiger partial charge is 0.223 e. The van der Waals surface area contributed by atoms with Crippen molar-refractivity contribution in [1.29, 1.82) is 0 Å². The van der Waals surface area contributed by atoms with Gasteiger partial charge in [-0.3, -0.25) is 4.79 Å². The highest BCUT2D eigenvalue weighted by molar-refractivity contribution is 5.79. The van der Waals surface area contributed by atoms with Gasteiger partial charge in [-0.15, -0.1) is 0 Å². The van der Waals surface area contributed by atoms with Crippen LogP contribution in [0.5, 0.6) is 0 Å². The molecule has 2 heterocycles. The molecule has 0 radical (unpaired) electrons. The third kappa shape index (κ3) is 3.01. The van der Waals surface area contributed by atoms with Gasteiger partial charge in [-0.1, -0.05) is 6.92 Å². The van der Waals surface area contributed by atoms with E-state index < -0.39 is 0 Å². The van der Waals surface area contributed by atoms with Crippen LogP contribution in [0, 0.1) is 11.8 Å². The normalized spacial score (nSPS) is 42.2. The van der Waals surface area contributed by atoms with Crippen LogP contribution in [0.3, 0.4) is 0 Å². The molecule has 3 fully saturated rings. The highest BCUT2D eigenvalue weighted by Crippen LogP contribution is 2.30. The molecule has 3 aliphatic rings. The summed E-state index contributed by atoms with van der Waals surface area (Å²) in [5.74, 6) is 0.975. The minimum Gasteiger partial charge on any atom is -0.353 e. The summed E-state index contributed by atoms with van der Waals surface area (Å²) in [6, 6.07) is 1.43. The molecule has 0 bridgehead atoms. The molecule has 2 saturated heterocycles. The first kappa shape index (κ1) is 14.3. The third-order valence-corrected chi connectivity index (χ3v) is 5.77. The fourth-order valence-corrected chi connectivity index (χ4v) is 4.33. The predicted molar refractivity (Wildman–Crippen MR) is 80.2 cm³/mol. The minimum atomic E-state index is 0.200. The van der Waals surface area contributed by atoms with E-state index in [0.29, 0.717) is 23.9 Å². The van der Waals surface area contributed by atoms with Crippen LogP contribution in [0.2, 0.25) is 0 Å². The van der Waals surface area contributed by atoms with E-state index in [1.54, 1.807) is 0 Å². The number of carbonyl (C=O) groups excluding carboxylic acids is 1. The van der Waals surface area contributed by atoms with Crippen LogP contribution < -0.4 is 11.1 Å². The lowest BCUT2D eigenvalue weighted by Crippen LogP contribution is -2.49. The average Bonchev–Trinajstić information content (AvgIpc) is 2.89.